The SMILES string of the molecule is COC(c1ccccc1)(c1ccccc1)C(O)C(=O)[O-].[Li+]. The van der Waals surface area contributed by atoms with Gasteiger partial charge in [0.25, 0.3) is 0 Å². The Kier molecular flexibility index (Phi) is 6.19. The van der Waals surface area contributed by atoms with Crippen molar-refractivity contribution in [2.75, 3.05) is 7.11 Å². The number of rotatable bonds is 5. The summed E-state index contributed by atoms with van der Waals surface area (Å²) in [4.78, 5) is 11.2. The number of aliphatic hydroxyl groups is 1. The topological polar surface area (TPSA) is 69.6 Å². The normalized spacial score (nSPS) is 12.3. The maximum absolute atomic E-state index is 11.2. The quantitative estimate of drug-likeness (QED) is 0.624. The van der Waals surface area contributed by atoms with Crippen molar-refractivity contribution in [1.82, 2.24) is 0 Å². The summed E-state index contributed by atoms with van der Waals surface area (Å²) in [5.74, 6) is -1.58. The van der Waals surface area contributed by atoms with Gasteiger partial charge >= 0.3 is 18.9 Å². The molecule has 104 valence electrons. The zero-order valence-corrected chi connectivity index (χ0v) is 12.0. The molecule has 2 rings (SSSR count). The van der Waals surface area contributed by atoms with E-state index in [1.807, 2.05) is 0 Å². The van der Waals surface area contributed by atoms with E-state index in [4.69, 9.17) is 4.74 Å². The Hall–Kier alpha value is -1.57. The van der Waals surface area contributed by atoms with Gasteiger partial charge in [-0.05, 0) is 11.1 Å². The summed E-state index contributed by atoms with van der Waals surface area (Å²) in [5, 5.41) is 21.4. The van der Waals surface area contributed by atoms with Gasteiger partial charge < -0.3 is 19.7 Å². The number of hydrogen-bond donors (Lipinski definition) is 1. The summed E-state index contributed by atoms with van der Waals surface area (Å²) in [6.45, 7) is 0. The fourth-order valence-electron chi connectivity index (χ4n) is 2.37. The molecule has 1 atom stereocenters. The number of aliphatic hydroxyl groups excluding tert-OH is 1. The molecule has 5 heteroatoms. The average molecular weight is 278 g/mol. The van der Waals surface area contributed by atoms with Gasteiger partial charge in [0.15, 0.2) is 0 Å². The van der Waals surface area contributed by atoms with E-state index in [0.29, 0.717) is 11.1 Å². The Morgan fingerprint density at radius 2 is 1.43 bits per heavy atom. The van der Waals surface area contributed by atoms with E-state index in [-0.39, 0.29) is 18.9 Å². The van der Waals surface area contributed by atoms with Crippen molar-refractivity contribution in [3.05, 3.63) is 71.8 Å². The molecule has 0 bridgehead atoms. The van der Waals surface area contributed by atoms with Gasteiger partial charge in [0.2, 0.25) is 0 Å². The average Bonchev–Trinajstić information content (AvgIpc) is 2.50. The molecule has 0 radical (unpaired) electrons. The number of hydrogen-bond acceptors (Lipinski definition) is 4. The van der Waals surface area contributed by atoms with E-state index in [2.05, 4.69) is 0 Å². The second kappa shape index (κ2) is 7.44. The maximum atomic E-state index is 11.2. The van der Waals surface area contributed by atoms with Crippen molar-refractivity contribution in [1.29, 1.82) is 0 Å². The number of methoxy groups -OCH3 is 1. The number of benzene rings is 2. The first kappa shape index (κ1) is 17.5. The number of carbonyl (C=O) groups is 1. The van der Waals surface area contributed by atoms with E-state index >= 15 is 0 Å². The first-order valence-electron chi connectivity index (χ1n) is 6.18. The molecule has 0 aliphatic rings. The molecule has 2 aromatic carbocycles. The van der Waals surface area contributed by atoms with Crippen molar-refractivity contribution in [3.8, 4) is 0 Å². The van der Waals surface area contributed by atoms with Crippen LogP contribution in [0.1, 0.15) is 11.1 Å². The van der Waals surface area contributed by atoms with Crippen LogP contribution >= 0.6 is 0 Å². The number of carboxylic acids is 1. The summed E-state index contributed by atoms with van der Waals surface area (Å²) in [6, 6.07) is 17.5. The number of ether oxygens (including phenoxy) is 1. The second-order valence-corrected chi connectivity index (χ2v) is 4.39. The van der Waals surface area contributed by atoms with Crippen LogP contribution < -0.4 is 24.0 Å². The molecule has 2 aromatic rings. The molecular formula is C16H15LiO4. The minimum Gasteiger partial charge on any atom is -0.547 e. The molecular weight excluding hydrogens is 263 g/mol. The van der Waals surface area contributed by atoms with E-state index in [9.17, 15) is 15.0 Å². The molecule has 0 saturated carbocycles. The van der Waals surface area contributed by atoms with Crippen molar-refractivity contribution >= 4 is 5.97 Å². The molecule has 0 saturated heterocycles. The van der Waals surface area contributed by atoms with Gasteiger partial charge in [-0.1, -0.05) is 60.7 Å². The fourth-order valence-corrected chi connectivity index (χ4v) is 2.37. The molecule has 0 aromatic heterocycles. The summed E-state index contributed by atoms with van der Waals surface area (Å²) in [7, 11) is 1.37. The Labute approximate surface area is 135 Å². The van der Waals surface area contributed by atoms with Gasteiger partial charge in [-0.3, -0.25) is 0 Å². The summed E-state index contributed by atoms with van der Waals surface area (Å²) in [6.07, 6.45) is -1.82. The van der Waals surface area contributed by atoms with Crippen LogP contribution in [0.4, 0.5) is 0 Å². The monoisotopic (exact) mass is 278 g/mol. The third-order valence-corrected chi connectivity index (χ3v) is 3.34. The smallest absolute Gasteiger partial charge is 0.547 e. The zero-order chi connectivity index (χ0) is 14.6. The van der Waals surface area contributed by atoms with E-state index in [1.54, 1.807) is 60.7 Å². The van der Waals surface area contributed by atoms with Gasteiger partial charge in [-0.2, -0.15) is 0 Å². The minimum atomic E-state index is -1.82. The summed E-state index contributed by atoms with van der Waals surface area (Å²) >= 11 is 0. The molecule has 0 aliphatic heterocycles. The summed E-state index contributed by atoms with van der Waals surface area (Å²) < 4.78 is 5.46. The largest absolute Gasteiger partial charge is 1.00 e. The molecule has 21 heavy (non-hydrogen) atoms. The molecule has 0 aliphatic carbocycles. The minimum absolute atomic E-state index is 0. The third kappa shape index (κ3) is 3.20. The molecule has 0 spiro atoms. The molecule has 0 amide bonds. The Morgan fingerprint density at radius 3 is 1.71 bits per heavy atom. The predicted molar refractivity (Wildman–Crippen MR) is 71.7 cm³/mol. The van der Waals surface area contributed by atoms with Gasteiger partial charge in [-0.15, -0.1) is 0 Å². The zero-order valence-electron chi connectivity index (χ0n) is 12.0. The first-order valence-corrected chi connectivity index (χ1v) is 6.18. The van der Waals surface area contributed by atoms with Crippen molar-refractivity contribution in [2.24, 2.45) is 0 Å². The molecule has 1 N–H and O–H groups in total. The van der Waals surface area contributed by atoms with Crippen LogP contribution in [0.3, 0.4) is 0 Å². The fraction of sp³-hybridized carbons (Fsp3) is 0.188. The van der Waals surface area contributed by atoms with E-state index in [0.717, 1.165) is 0 Å². The number of aliphatic carboxylic acids is 1. The summed E-state index contributed by atoms with van der Waals surface area (Å²) in [5.41, 5.74) is -0.405. The molecule has 4 nitrogen and oxygen atoms in total. The van der Waals surface area contributed by atoms with Crippen LogP contribution in [-0.4, -0.2) is 24.3 Å². The number of carboxylic acid groups (broad SMARTS) is 1. The third-order valence-electron chi connectivity index (χ3n) is 3.34. The predicted octanol–water partition coefficient (Wildman–Crippen LogP) is -2.31. The van der Waals surface area contributed by atoms with Gasteiger partial charge in [-0.25, -0.2) is 0 Å². The van der Waals surface area contributed by atoms with Crippen LogP contribution in [0.25, 0.3) is 0 Å². The van der Waals surface area contributed by atoms with Crippen LogP contribution in [0, 0.1) is 0 Å². The van der Waals surface area contributed by atoms with Crippen LogP contribution in [0.5, 0.6) is 0 Å². The Morgan fingerprint density at radius 1 is 1.05 bits per heavy atom. The number of carbonyl (C=O) groups excluding carboxylic acids is 1. The van der Waals surface area contributed by atoms with E-state index in [1.165, 1.54) is 7.11 Å². The molecule has 0 fully saturated rings. The standard InChI is InChI=1S/C16H16O4.Li/c1-20-16(14(17)15(18)19,12-8-4-2-5-9-12)13-10-6-3-7-11-13;/h2-11,14,17H,1H3,(H,18,19);/q;+1/p-1. The van der Waals surface area contributed by atoms with Crippen LogP contribution in [-0.2, 0) is 15.1 Å². The second-order valence-electron chi connectivity index (χ2n) is 4.39. The molecule has 0 heterocycles. The Balaban J connectivity index is 0.00000220. The Bertz CT molecular complexity index is 532. The first-order chi connectivity index (χ1) is 9.63. The van der Waals surface area contributed by atoms with Gasteiger partial charge in [0.1, 0.15) is 11.7 Å². The van der Waals surface area contributed by atoms with Crippen molar-refractivity contribution in [3.63, 3.8) is 0 Å². The van der Waals surface area contributed by atoms with Crippen molar-refractivity contribution in [2.45, 2.75) is 11.7 Å². The van der Waals surface area contributed by atoms with E-state index < -0.39 is 17.7 Å². The van der Waals surface area contributed by atoms with Crippen LogP contribution in [0.2, 0.25) is 0 Å². The maximum Gasteiger partial charge on any atom is 1.00 e. The molecule has 1 unspecified atom stereocenters. The van der Waals surface area contributed by atoms with Crippen LogP contribution in [0.15, 0.2) is 60.7 Å². The van der Waals surface area contributed by atoms with Gasteiger partial charge in [0.05, 0.1) is 5.97 Å². The van der Waals surface area contributed by atoms with Crippen molar-refractivity contribution < 1.29 is 38.6 Å². The van der Waals surface area contributed by atoms with Gasteiger partial charge in [0, 0.05) is 7.11 Å².